The number of hydrogen-bond acceptors (Lipinski definition) is 4. The highest BCUT2D eigenvalue weighted by atomic mass is 16.5. The summed E-state index contributed by atoms with van der Waals surface area (Å²) in [6.07, 6.45) is 0.647. The predicted molar refractivity (Wildman–Crippen MR) is 111 cm³/mol. The first-order chi connectivity index (χ1) is 13.8. The number of carbonyl (C=O) groups is 3. The third-order valence-electron chi connectivity index (χ3n) is 4.37. The van der Waals surface area contributed by atoms with Gasteiger partial charge in [0, 0.05) is 18.7 Å². The Kier molecular flexibility index (Phi) is 7.77. The molecule has 154 valence electrons. The summed E-state index contributed by atoms with van der Waals surface area (Å²) < 4.78 is 5.45. The van der Waals surface area contributed by atoms with Crippen LogP contribution in [0.25, 0.3) is 0 Å². The van der Waals surface area contributed by atoms with Crippen LogP contribution in [-0.2, 0) is 4.79 Å². The molecular formula is C22H26N2O5. The van der Waals surface area contributed by atoms with Crippen molar-refractivity contribution in [3.63, 3.8) is 0 Å². The second kappa shape index (κ2) is 10.3. The van der Waals surface area contributed by atoms with Gasteiger partial charge in [0.2, 0.25) is 5.91 Å². The van der Waals surface area contributed by atoms with Crippen molar-refractivity contribution in [1.29, 1.82) is 0 Å². The molecular weight excluding hydrogens is 372 g/mol. The Balaban J connectivity index is 1.86. The number of aryl methyl sites for hydroxylation is 2. The van der Waals surface area contributed by atoms with Crippen LogP contribution in [0, 0.1) is 13.8 Å². The van der Waals surface area contributed by atoms with Crippen LogP contribution in [0.4, 0.5) is 5.69 Å². The Bertz CT molecular complexity index is 908. The van der Waals surface area contributed by atoms with Crippen molar-refractivity contribution in [3.8, 4) is 5.75 Å². The van der Waals surface area contributed by atoms with Crippen LogP contribution in [0.3, 0.4) is 0 Å². The Morgan fingerprint density at radius 3 is 2.45 bits per heavy atom. The van der Waals surface area contributed by atoms with Crippen molar-refractivity contribution in [2.75, 3.05) is 18.5 Å². The van der Waals surface area contributed by atoms with Crippen LogP contribution in [0.15, 0.2) is 36.4 Å². The van der Waals surface area contributed by atoms with Crippen molar-refractivity contribution in [3.05, 3.63) is 58.7 Å². The van der Waals surface area contributed by atoms with E-state index in [9.17, 15) is 19.5 Å². The van der Waals surface area contributed by atoms with Gasteiger partial charge < -0.3 is 20.5 Å². The van der Waals surface area contributed by atoms with Gasteiger partial charge in [-0.1, -0.05) is 18.2 Å². The van der Waals surface area contributed by atoms with E-state index in [4.69, 9.17) is 4.74 Å². The summed E-state index contributed by atoms with van der Waals surface area (Å²) >= 11 is 0. The van der Waals surface area contributed by atoms with Crippen molar-refractivity contribution in [2.45, 2.75) is 33.6 Å². The third kappa shape index (κ3) is 6.07. The normalized spacial score (nSPS) is 10.3. The molecule has 29 heavy (non-hydrogen) atoms. The minimum absolute atomic E-state index is 0.158. The minimum Gasteiger partial charge on any atom is -0.493 e. The summed E-state index contributed by atoms with van der Waals surface area (Å²) in [5, 5.41) is 14.8. The molecule has 0 aromatic heterocycles. The molecule has 7 nitrogen and oxygen atoms in total. The number of carbonyl (C=O) groups excluding carboxylic acids is 2. The van der Waals surface area contributed by atoms with Gasteiger partial charge in [-0.2, -0.15) is 0 Å². The number of hydrogen-bond donors (Lipinski definition) is 3. The van der Waals surface area contributed by atoms with E-state index in [1.165, 1.54) is 6.07 Å². The second-order valence-electron chi connectivity index (χ2n) is 6.62. The van der Waals surface area contributed by atoms with E-state index in [2.05, 4.69) is 10.6 Å². The molecule has 0 fully saturated rings. The predicted octanol–water partition coefficient (Wildman–Crippen LogP) is 3.55. The number of benzene rings is 2. The summed E-state index contributed by atoms with van der Waals surface area (Å²) in [5.41, 5.74) is 2.53. The van der Waals surface area contributed by atoms with E-state index in [1.54, 1.807) is 37.3 Å². The largest absolute Gasteiger partial charge is 0.493 e. The first kappa shape index (κ1) is 21.9. The first-order valence-corrected chi connectivity index (χ1v) is 9.48. The van der Waals surface area contributed by atoms with Gasteiger partial charge in [-0.05, 0) is 56.5 Å². The van der Waals surface area contributed by atoms with Crippen LogP contribution in [-0.4, -0.2) is 36.0 Å². The fourth-order valence-electron chi connectivity index (χ4n) is 2.91. The van der Waals surface area contributed by atoms with Crippen LogP contribution in [0.1, 0.15) is 51.6 Å². The fraction of sp³-hybridized carbons (Fsp3) is 0.318. The number of anilines is 1. The molecule has 0 radical (unpaired) electrons. The number of carboxylic acids is 1. The van der Waals surface area contributed by atoms with Crippen molar-refractivity contribution >= 4 is 23.5 Å². The average Bonchev–Trinajstić information content (AvgIpc) is 2.67. The van der Waals surface area contributed by atoms with Crippen molar-refractivity contribution in [1.82, 2.24) is 5.32 Å². The highest BCUT2D eigenvalue weighted by molar-refractivity contribution is 5.97. The Morgan fingerprint density at radius 2 is 1.76 bits per heavy atom. The van der Waals surface area contributed by atoms with E-state index in [1.807, 2.05) is 13.8 Å². The SMILES string of the molecule is CCOc1ccccc1C(=O)NCCCC(=O)Nc1cc(C(=O)O)c(C)cc1C. The van der Waals surface area contributed by atoms with Gasteiger partial charge >= 0.3 is 5.97 Å². The molecule has 2 aromatic rings. The van der Waals surface area contributed by atoms with E-state index in [0.29, 0.717) is 42.1 Å². The monoisotopic (exact) mass is 398 g/mol. The van der Waals surface area contributed by atoms with Gasteiger partial charge in [0.25, 0.3) is 5.91 Å². The van der Waals surface area contributed by atoms with Gasteiger partial charge in [-0.15, -0.1) is 0 Å². The van der Waals surface area contributed by atoms with E-state index in [0.717, 1.165) is 5.56 Å². The lowest BCUT2D eigenvalue weighted by Gasteiger charge is -2.12. The van der Waals surface area contributed by atoms with Gasteiger partial charge in [-0.25, -0.2) is 4.79 Å². The molecule has 0 unspecified atom stereocenters. The minimum atomic E-state index is -1.03. The highest BCUT2D eigenvalue weighted by Gasteiger charge is 2.13. The zero-order valence-electron chi connectivity index (χ0n) is 16.9. The molecule has 0 bridgehead atoms. The quantitative estimate of drug-likeness (QED) is 0.560. The van der Waals surface area contributed by atoms with Crippen LogP contribution in [0.5, 0.6) is 5.75 Å². The Morgan fingerprint density at radius 1 is 1.03 bits per heavy atom. The second-order valence-corrected chi connectivity index (χ2v) is 6.62. The zero-order valence-corrected chi connectivity index (χ0v) is 16.9. The van der Waals surface area contributed by atoms with E-state index in [-0.39, 0.29) is 23.8 Å². The summed E-state index contributed by atoms with van der Waals surface area (Å²) in [4.78, 5) is 35.8. The average molecular weight is 398 g/mol. The molecule has 0 saturated heterocycles. The van der Waals surface area contributed by atoms with Crippen molar-refractivity contribution < 1.29 is 24.2 Å². The molecule has 0 aliphatic rings. The number of nitrogens with one attached hydrogen (secondary N) is 2. The van der Waals surface area contributed by atoms with Gasteiger partial charge in [0.05, 0.1) is 17.7 Å². The highest BCUT2D eigenvalue weighted by Crippen LogP contribution is 2.21. The first-order valence-electron chi connectivity index (χ1n) is 9.48. The summed E-state index contributed by atoms with van der Waals surface area (Å²) in [6, 6.07) is 10.2. The summed E-state index contributed by atoms with van der Waals surface area (Å²) in [7, 11) is 0. The maximum absolute atomic E-state index is 12.3. The number of rotatable bonds is 9. The molecule has 0 heterocycles. The lowest BCUT2D eigenvalue weighted by molar-refractivity contribution is -0.116. The van der Waals surface area contributed by atoms with Crippen molar-refractivity contribution in [2.24, 2.45) is 0 Å². The Labute approximate surface area is 170 Å². The topological polar surface area (TPSA) is 105 Å². The molecule has 0 spiro atoms. The maximum Gasteiger partial charge on any atom is 0.336 e. The number of ether oxygens (including phenoxy) is 1. The summed E-state index contributed by atoms with van der Waals surface area (Å²) in [6.45, 7) is 6.17. The molecule has 7 heteroatoms. The molecule has 3 N–H and O–H groups in total. The fourth-order valence-corrected chi connectivity index (χ4v) is 2.91. The molecule has 0 aliphatic heterocycles. The van der Waals surface area contributed by atoms with Crippen LogP contribution >= 0.6 is 0 Å². The van der Waals surface area contributed by atoms with E-state index >= 15 is 0 Å². The standard InChI is InChI=1S/C22H26N2O5/c1-4-29-19-9-6-5-8-16(19)21(26)23-11-7-10-20(25)24-18-13-17(22(27)28)14(2)12-15(18)3/h5-6,8-9,12-13H,4,7,10-11H2,1-3H3,(H,23,26)(H,24,25)(H,27,28). The molecule has 2 rings (SSSR count). The lowest BCUT2D eigenvalue weighted by Crippen LogP contribution is -2.26. The Hall–Kier alpha value is -3.35. The smallest absolute Gasteiger partial charge is 0.336 e. The van der Waals surface area contributed by atoms with Crippen LogP contribution in [0.2, 0.25) is 0 Å². The molecule has 2 amide bonds. The molecule has 2 aromatic carbocycles. The zero-order chi connectivity index (χ0) is 21.4. The lowest BCUT2D eigenvalue weighted by atomic mass is 10.0. The molecule has 0 saturated carbocycles. The maximum atomic E-state index is 12.3. The molecule has 0 atom stereocenters. The number of carboxylic acid groups (broad SMARTS) is 1. The van der Waals surface area contributed by atoms with Gasteiger partial charge in [-0.3, -0.25) is 9.59 Å². The third-order valence-corrected chi connectivity index (χ3v) is 4.37. The van der Waals surface area contributed by atoms with Gasteiger partial charge in [0.1, 0.15) is 5.75 Å². The van der Waals surface area contributed by atoms with E-state index < -0.39 is 5.97 Å². The van der Waals surface area contributed by atoms with Gasteiger partial charge in [0.15, 0.2) is 0 Å². The van der Waals surface area contributed by atoms with Crippen LogP contribution < -0.4 is 15.4 Å². The number of aromatic carboxylic acids is 1. The number of amides is 2. The summed E-state index contributed by atoms with van der Waals surface area (Å²) in [5.74, 6) is -1.01. The molecule has 0 aliphatic carbocycles. The number of para-hydroxylation sites is 1.